The number of hydrogen-bond donors (Lipinski definition) is 2. The number of rotatable bonds is 7. The molecule has 0 saturated carbocycles. The molecule has 9 nitrogen and oxygen atoms in total. The molecule has 0 bridgehead atoms. The van der Waals surface area contributed by atoms with Crippen LogP contribution in [0.1, 0.15) is 64.3 Å². The quantitative estimate of drug-likeness (QED) is 0.473. The average molecular weight is 591 g/mol. The summed E-state index contributed by atoms with van der Waals surface area (Å²) in [6, 6.07) is 0.475. The van der Waals surface area contributed by atoms with Gasteiger partial charge in [-0.3, -0.25) is 9.48 Å². The molecule has 1 fully saturated rings. The third-order valence-corrected chi connectivity index (χ3v) is 9.54. The lowest BCUT2D eigenvalue weighted by Crippen LogP contribution is -2.53. The van der Waals surface area contributed by atoms with E-state index < -0.39 is 57.4 Å². The molecule has 2 aliphatic rings. The Hall–Kier alpha value is -2.74. The molecule has 1 aliphatic heterocycles. The molecule has 1 saturated heterocycles. The standard InChI is InChI=1S/C26H34F4N4O5S/c1-15(24(2,3)36)34-20-11-16(23(35)32-25(4)7-9-40(37,38)10-8-25)5-6-17(20)22(33-34)18-12-21(31-13-19(18)27)39-14-26(28,29)30/h12-13,15-16,36H,5-11,14H2,1-4H3,(H,32,35)/t15?,16-/m1/s1. The largest absolute Gasteiger partial charge is 0.468 e. The summed E-state index contributed by atoms with van der Waals surface area (Å²) in [5.41, 5.74) is -0.564. The zero-order valence-electron chi connectivity index (χ0n) is 22.8. The van der Waals surface area contributed by atoms with Gasteiger partial charge in [0.05, 0.1) is 35.0 Å². The number of aliphatic hydroxyl groups is 1. The number of fused-ring (bicyclic) bond motifs is 1. The number of amides is 1. The monoisotopic (exact) mass is 590 g/mol. The summed E-state index contributed by atoms with van der Waals surface area (Å²) >= 11 is 0. The second-order valence-electron chi connectivity index (χ2n) is 11.6. The lowest BCUT2D eigenvalue weighted by molar-refractivity contribution is -0.154. The van der Waals surface area contributed by atoms with Crippen LogP contribution in [0.5, 0.6) is 5.88 Å². The molecular formula is C26H34F4N4O5S. The summed E-state index contributed by atoms with van der Waals surface area (Å²) in [6.07, 6.45) is -2.24. The van der Waals surface area contributed by atoms with Crippen molar-refractivity contribution in [1.29, 1.82) is 0 Å². The maximum Gasteiger partial charge on any atom is 0.422 e. The molecule has 4 rings (SSSR count). The number of alkyl halides is 3. The van der Waals surface area contributed by atoms with Gasteiger partial charge in [-0.05, 0) is 53.4 Å². The van der Waals surface area contributed by atoms with E-state index >= 15 is 0 Å². The Morgan fingerprint density at radius 3 is 2.55 bits per heavy atom. The molecule has 0 radical (unpaired) electrons. The predicted molar refractivity (Wildman–Crippen MR) is 138 cm³/mol. The minimum atomic E-state index is -4.60. The van der Waals surface area contributed by atoms with Crippen LogP contribution in [-0.2, 0) is 27.5 Å². The normalized spacial score (nSPS) is 21.4. The van der Waals surface area contributed by atoms with Crippen molar-refractivity contribution in [2.24, 2.45) is 5.92 Å². The second kappa shape index (κ2) is 10.6. The van der Waals surface area contributed by atoms with Crippen LogP contribution in [0.15, 0.2) is 12.3 Å². The van der Waals surface area contributed by atoms with Crippen molar-refractivity contribution in [3.8, 4) is 17.1 Å². The number of carbonyl (C=O) groups excluding carboxylic acids is 1. The Kier molecular flexibility index (Phi) is 8.00. The van der Waals surface area contributed by atoms with Crippen LogP contribution in [0.25, 0.3) is 11.3 Å². The zero-order valence-corrected chi connectivity index (χ0v) is 23.6. The van der Waals surface area contributed by atoms with Crippen molar-refractivity contribution in [1.82, 2.24) is 20.1 Å². The van der Waals surface area contributed by atoms with E-state index in [4.69, 9.17) is 4.74 Å². The minimum Gasteiger partial charge on any atom is -0.468 e. The molecule has 14 heteroatoms. The van der Waals surface area contributed by atoms with Gasteiger partial charge in [0.1, 0.15) is 9.84 Å². The van der Waals surface area contributed by atoms with Crippen molar-refractivity contribution in [3.63, 3.8) is 0 Å². The summed E-state index contributed by atoms with van der Waals surface area (Å²) in [5.74, 6) is -1.91. The molecule has 0 aromatic carbocycles. The molecule has 222 valence electrons. The molecule has 2 aromatic rings. The molecule has 1 aliphatic carbocycles. The first kappa shape index (κ1) is 30.2. The Bertz CT molecular complexity index is 1370. The van der Waals surface area contributed by atoms with Crippen LogP contribution >= 0.6 is 0 Å². The fourth-order valence-corrected chi connectivity index (χ4v) is 6.77. The molecule has 2 N–H and O–H groups in total. The van der Waals surface area contributed by atoms with Crippen molar-refractivity contribution < 1.29 is 40.6 Å². The summed E-state index contributed by atoms with van der Waals surface area (Å²) in [4.78, 5) is 16.9. The van der Waals surface area contributed by atoms with Crippen molar-refractivity contribution in [3.05, 3.63) is 29.3 Å². The maximum absolute atomic E-state index is 15.0. The number of aromatic nitrogens is 3. The number of nitrogens with one attached hydrogen (secondary N) is 1. The maximum atomic E-state index is 15.0. The van der Waals surface area contributed by atoms with Crippen LogP contribution in [-0.4, -0.2) is 69.6 Å². The number of pyridine rings is 1. The van der Waals surface area contributed by atoms with E-state index in [1.54, 1.807) is 25.5 Å². The van der Waals surface area contributed by atoms with Crippen molar-refractivity contribution in [2.45, 2.75) is 83.2 Å². The summed E-state index contributed by atoms with van der Waals surface area (Å²) in [5, 5.41) is 18.4. The van der Waals surface area contributed by atoms with Gasteiger partial charge < -0.3 is 15.2 Å². The third kappa shape index (κ3) is 6.76. The predicted octanol–water partition coefficient (Wildman–Crippen LogP) is 3.55. The summed E-state index contributed by atoms with van der Waals surface area (Å²) in [6.45, 7) is 5.15. The van der Waals surface area contributed by atoms with E-state index in [0.717, 1.165) is 12.3 Å². The van der Waals surface area contributed by atoms with Crippen LogP contribution < -0.4 is 10.1 Å². The van der Waals surface area contributed by atoms with Gasteiger partial charge in [-0.2, -0.15) is 18.3 Å². The highest BCUT2D eigenvalue weighted by Gasteiger charge is 2.39. The Labute approximate surface area is 230 Å². The Morgan fingerprint density at radius 2 is 1.95 bits per heavy atom. The van der Waals surface area contributed by atoms with Gasteiger partial charge >= 0.3 is 6.18 Å². The van der Waals surface area contributed by atoms with Gasteiger partial charge in [0.2, 0.25) is 11.8 Å². The fraction of sp³-hybridized carbons (Fsp3) is 0.654. The number of ether oxygens (including phenoxy) is 1. The second-order valence-corrected chi connectivity index (χ2v) is 13.9. The topological polar surface area (TPSA) is 123 Å². The van der Waals surface area contributed by atoms with Crippen molar-refractivity contribution in [2.75, 3.05) is 18.1 Å². The molecular weight excluding hydrogens is 556 g/mol. The fourth-order valence-electron chi connectivity index (χ4n) is 5.05. The lowest BCUT2D eigenvalue weighted by atomic mass is 9.83. The number of nitrogens with zero attached hydrogens (tertiary/aromatic N) is 3. The van der Waals surface area contributed by atoms with E-state index in [0.29, 0.717) is 36.9 Å². The number of carbonyl (C=O) groups is 1. The Morgan fingerprint density at radius 1 is 1.30 bits per heavy atom. The van der Waals surface area contributed by atoms with Gasteiger partial charge in [0, 0.05) is 40.8 Å². The molecule has 40 heavy (non-hydrogen) atoms. The summed E-state index contributed by atoms with van der Waals surface area (Å²) in [7, 11) is -3.11. The van der Waals surface area contributed by atoms with Crippen LogP contribution in [0, 0.1) is 11.7 Å². The minimum absolute atomic E-state index is 0.00396. The molecule has 2 atom stereocenters. The molecule has 1 unspecified atom stereocenters. The highest BCUT2D eigenvalue weighted by Crippen LogP contribution is 2.38. The van der Waals surface area contributed by atoms with Crippen LogP contribution in [0.2, 0.25) is 0 Å². The number of hydrogen-bond acceptors (Lipinski definition) is 7. The average Bonchev–Trinajstić information content (AvgIpc) is 3.22. The number of sulfone groups is 1. The van der Waals surface area contributed by atoms with E-state index in [-0.39, 0.29) is 35.1 Å². The van der Waals surface area contributed by atoms with Gasteiger partial charge in [0.15, 0.2) is 12.4 Å². The highest BCUT2D eigenvalue weighted by molar-refractivity contribution is 7.91. The van der Waals surface area contributed by atoms with E-state index in [1.807, 2.05) is 6.92 Å². The van der Waals surface area contributed by atoms with E-state index in [2.05, 4.69) is 15.4 Å². The third-order valence-electron chi connectivity index (χ3n) is 7.88. The first-order valence-electron chi connectivity index (χ1n) is 13.1. The SMILES string of the molecule is CC(n1nc(-c2cc(OCC(F)(F)F)ncc2F)c2c1C[C@H](C(=O)NC1(C)CCS(=O)(=O)CC1)CC2)C(C)(C)O. The van der Waals surface area contributed by atoms with Gasteiger partial charge in [-0.25, -0.2) is 17.8 Å². The van der Waals surface area contributed by atoms with Crippen LogP contribution in [0.3, 0.4) is 0 Å². The van der Waals surface area contributed by atoms with Gasteiger partial charge in [-0.1, -0.05) is 0 Å². The zero-order chi connectivity index (χ0) is 29.7. The van der Waals surface area contributed by atoms with Crippen LogP contribution in [0.4, 0.5) is 17.6 Å². The molecule has 0 spiro atoms. The van der Waals surface area contributed by atoms with E-state index in [9.17, 15) is 35.9 Å². The van der Waals surface area contributed by atoms with Crippen molar-refractivity contribution >= 4 is 15.7 Å². The summed E-state index contributed by atoms with van der Waals surface area (Å²) < 4.78 is 82.9. The molecule has 3 heterocycles. The first-order chi connectivity index (χ1) is 18.4. The highest BCUT2D eigenvalue weighted by atomic mass is 32.2. The molecule has 1 amide bonds. The smallest absolute Gasteiger partial charge is 0.422 e. The van der Waals surface area contributed by atoms with Gasteiger partial charge in [0.25, 0.3) is 0 Å². The Balaban J connectivity index is 1.66. The first-order valence-corrected chi connectivity index (χ1v) is 14.9. The number of halogens is 4. The molecule has 2 aromatic heterocycles. The van der Waals surface area contributed by atoms with E-state index in [1.165, 1.54) is 0 Å². The lowest BCUT2D eigenvalue weighted by Gasteiger charge is -2.36. The van der Waals surface area contributed by atoms with Gasteiger partial charge in [-0.15, -0.1) is 0 Å².